The second kappa shape index (κ2) is 5.93. The SMILES string of the molecule is COC(=O)C1[C@H](C)[C@@H]2CCCCC[C@]12O[Si](C)(C)C(C)(C)C. The van der Waals surface area contributed by atoms with E-state index in [0.717, 1.165) is 6.42 Å². The molecule has 0 aromatic heterocycles. The fourth-order valence-electron chi connectivity index (χ4n) is 4.38. The van der Waals surface area contributed by atoms with E-state index in [1.165, 1.54) is 32.8 Å². The van der Waals surface area contributed by atoms with Gasteiger partial charge in [0.2, 0.25) is 0 Å². The molecule has 0 saturated heterocycles. The summed E-state index contributed by atoms with van der Waals surface area (Å²) in [4.78, 5) is 12.4. The lowest BCUT2D eigenvalue weighted by Crippen LogP contribution is -2.69. The van der Waals surface area contributed by atoms with Crippen molar-refractivity contribution >= 4 is 14.3 Å². The van der Waals surface area contributed by atoms with Crippen LogP contribution in [-0.2, 0) is 14.0 Å². The monoisotopic (exact) mass is 326 g/mol. The predicted octanol–water partition coefficient (Wildman–Crippen LogP) is 4.77. The van der Waals surface area contributed by atoms with E-state index in [-0.39, 0.29) is 22.5 Å². The minimum absolute atomic E-state index is 0.0654. The number of fused-ring (bicyclic) bond motifs is 1. The molecule has 0 N–H and O–H groups in total. The van der Waals surface area contributed by atoms with Crippen LogP contribution < -0.4 is 0 Å². The van der Waals surface area contributed by atoms with E-state index in [9.17, 15) is 4.79 Å². The van der Waals surface area contributed by atoms with E-state index in [1.54, 1.807) is 0 Å². The fraction of sp³-hybridized carbons (Fsp3) is 0.944. The van der Waals surface area contributed by atoms with E-state index in [0.29, 0.717) is 11.8 Å². The number of ether oxygens (including phenoxy) is 1. The summed E-state index contributed by atoms with van der Waals surface area (Å²) < 4.78 is 12.1. The van der Waals surface area contributed by atoms with Crippen LogP contribution in [0.15, 0.2) is 0 Å². The van der Waals surface area contributed by atoms with Gasteiger partial charge in [0.05, 0.1) is 18.6 Å². The second-order valence-electron chi connectivity index (χ2n) is 8.88. The average molecular weight is 327 g/mol. The minimum atomic E-state index is -1.92. The zero-order valence-corrected chi connectivity index (χ0v) is 16.5. The van der Waals surface area contributed by atoms with E-state index in [4.69, 9.17) is 9.16 Å². The van der Waals surface area contributed by atoms with E-state index >= 15 is 0 Å². The van der Waals surface area contributed by atoms with E-state index in [2.05, 4.69) is 40.8 Å². The van der Waals surface area contributed by atoms with Crippen LogP contribution >= 0.6 is 0 Å². The van der Waals surface area contributed by atoms with Crippen molar-refractivity contribution in [3.05, 3.63) is 0 Å². The summed E-state index contributed by atoms with van der Waals surface area (Å²) in [6.07, 6.45) is 5.92. The van der Waals surface area contributed by atoms with Crippen molar-refractivity contribution in [3.8, 4) is 0 Å². The maximum Gasteiger partial charge on any atom is 0.311 e. The third kappa shape index (κ3) is 2.77. The Labute approximate surface area is 137 Å². The number of hydrogen-bond donors (Lipinski definition) is 0. The van der Waals surface area contributed by atoms with Gasteiger partial charge in [-0.05, 0) is 42.8 Å². The van der Waals surface area contributed by atoms with Crippen molar-refractivity contribution in [1.29, 1.82) is 0 Å². The van der Waals surface area contributed by atoms with Gasteiger partial charge in [0.15, 0.2) is 8.32 Å². The quantitative estimate of drug-likeness (QED) is 0.554. The fourth-order valence-corrected chi connectivity index (χ4v) is 6.02. The molecule has 4 heteroatoms. The number of rotatable bonds is 3. The summed E-state index contributed by atoms with van der Waals surface area (Å²) in [7, 11) is -0.402. The van der Waals surface area contributed by atoms with Gasteiger partial charge in [-0.2, -0.15) is 0 Å². The standard InChI is InChI=1S/C18H34O3Si/c1-13-14-11-9-8-10-12-18(14,15(13)16(19)20-5)21-22(6,7)17(2,3)4/h13-15H,8-12H2,1-7H3/t13-,14+,15?,18-/m1/s1. The molecule has 0 aliphatic heterocycles. The van der Waals surface area contributed by atoms with Gasteiger partial charge in [-0.3, -0.25) is 4.79 Å². The average Bonchev–Trinajstić information content (AvgIpc) is 2.56. The maximum absolute atomic E-state index is 12.4. The first-order chi connectivity index (χ1) is 10.1. The highest BCUT2D eigenvalue weighted by Gasteiger charge is 2.66. The number of hydrogen-bond acceptors (Lipinski definition) is 3. The van der Waals surface area contributed by atoms with Crippen molar-refractivity contribution in [2.24, 2.45) is 17.8 Å². The molecule has 2 aliphatic rings. The Hall–Kier alpha value is -0.353. The molecule has 0 heterocycles. The van der Waals surface area contributed by atoms with Gasteiger partial charge >= 0.3 is 5.97 Å². The van der Waals surface area contributed by atoms with Crippen molar-refractivity contribution in [2.45, 2.75) is 83.5 Å². The Morgan fingerprint density at radius 1 is 1.18 bits per heavy atom. The lowest BCUT2D eigenvalue weighted by atomic mass is 9.52. The number of esters is 1. The van der Waals surface area contributed by atoms with Gasteiger partial charge in [-0.15, -0.1) is 0 Å². The first kappa shape index (κ1) is 18.0. The zero-order valence-electron chi connectivity index (χ0n) is 15.5. The molecule has 128 valence electrons. The van der Waals surface area contributed by atoms with Gasteiger partial charge < -0.3 is 9.16 Å². The molecular weight excluding hydrogens is 292 g/mol. The molecule has 3 nitrogen and oxygen atoms in total. The number of carbonyl (C=O) groups excluding carboxylic acids is 1. The second-order valence-corrected chi connectivity index (χ2v) is 13.6. The highest BCUT2D eigenvalue weighted by molar-refractivity contribution is 6.74. The lowest BCUT2D eigenvalue weighted by Gasteiger charge is -2.62. The van der Waals surface area contributed by atoms with Crippen LogP contribution in [0.3, 0.4) is 0 Å². The smallest absolute Gasteiger partial charge is 0.311 e. The van der Waals surface area contributed by atoms with Crippen LogP contribution in [-0.4, -0.2) is 27.0 Å². The lowest BCUT2D eigenvalue weighted by molar-refractivity contribution is -0.206. The summed E-state index contributed by atoms with van der Waals surface area (Å²) in [6.45, 7) is 13.7. The molecule has 0 aromatic carbocycles. The Morgan fingerprint density at radius 3 is 2.36 bits per heavy atom. The molecule has 22 heavy (non-hydrogen) atoms. The molecule has 2 fully saturated rings. The maximum atomic E-state index is 12.4. The van der Waals surface area contributed by atoms with Crippen molar-refractivity contribution < 1.29 is 14.0 Å². The molecule has 0 bridgehead atoms. The van der Waals surface area contributed by atoms with Crippen LogP contribution in [0.25, 0.3) is 0 Å². The van der Waals surface area contributed by atoms with Crippen molar-refractivity contribution in [1.82, 2.24) is 0 Å². The van der Waals surface area contributed by atoms with E-state index < -0.39 is 8.32 Å². The first-order valence-electron chi connectivity index (χ1n) is 8.85. The van der Waals surface area contributed by atoms with Crippen LogP contribution in [0.5, 0.6) is 0 Å². The molecular formula is C18H34O3Si. The third-order valence-electron chi connectivity index (χ3n) is 6.60. The van der Waals surface area contributed by atoms with Gasteiger partial charge in [-0.1, -0.05) is 47.0 Å². The van der Waals surface area contributed by atoms with Crippen LogP contribution in [0.4, 0.5) is 0 Å². The predicted molar refractivity (Wildman–Crippen MR) is 92.3 cm³/mol. The van der Waals surface area contributed by atoms with Gasteiger partial charge in [-0.25, -0.2) is 0 Å². The molecule has 2 rings (SSSR count). The first-order valence-corrected chi connectivity index (χ1v) is 11.8. The molecule has 1 unspecified atom stereocenters. The highest BCUT2D eigenvalue weighted by atomic mass is 28.4. The van der Waals surface area contributed by atoms with E-state index in [1.807, 2.05) is 0 Å². The Kier molecular flexibility index (Phi) is 4.85. The largest absolute Gasteiger partial charge is 0.469 e. The highest BCUT2D eigenvalue weighted by Crippen LogP contribution is 2.60. The van der Waals surface area contributed by atoms with Gasteiger partial charge in [0.25, 0.3) is 0 Å². The van der Waals surface area contributed by atoms with Crippen LogP contribution in [0.2, 0.25) is 18.1 Å². The summed E-state index contributed by atoms with van der Waals surface area (Å²) >= 11 is 0. The summed E-state index contributed by atoms with van der Waals surface area (Å²) in [5, 5.41) is 0.165. The normalized spacial score (nSPS) is 36.0. The van der Waals surface area contributed by atoms with Gasteiger partial charge in [0.1, 0.15) is 0 Å². The Balaban J connectivity index is 2.36. The Morgan fingerprint density at radius 2 is 1.82 bits per heavy atom. The number of methoxy groups -OCH3 is 1. The zero-order chi connectivity index (χ0) is 16.8. The summed E-state index contributed by atoms with van der Waals surface area (Å²) in [5.74, 6) is 0.766. The molecule has 2 saturated carbocycles. The van der Waals surface area contributed by atoms with Crippen molar-refractivity contribution in [2.75, 3.05) is 7.11 Å². The van der Waals surface area contributed by atoms with Crippen molar-refractivity contribution in [3.63, 3.8) is 0 Å². The van der Waals surface area contributed by atoms with Crippen LogP contribution in [0.1, 0.15) is 59.8 Å². The van der Waals surface area contributed by atoms with Gasteiger partial charge in [0, 0.05) is 0 Å². The molecule has 0 aromatic rings. The van der Waals surface area contributed by atoms with Crippen LogP contribution in [0, 0.1) is 17.8 Å². The summed E-state index contributed by atoms with van der Waals surface area (Å²) in [5.41, 5.74) is -0.258. The topological polar surface area (TPSA) is 35.5 Å². The molecule has 0 spiro atoms. The molecule has 4 atom stereocenters. The third-order valence-corrected chi connectivity index (χ3v) is 11.1. The molecule has 0 radical (unpaired) electrons. The summed E-state index contributed by atoms with van der Waals surface area (Å²) in [6, 6.07) is 0. The Bertz CT molecular complexity index is 427. The molecule has 2 aliphatic carbocycles. The molecule has 0 amide bonds. The number of carbonyl (C=O) groups is 1. The minimum Gasteiger partial charge on any atom is -0.469 e.